The first-order valence-corrected chi connectivity index (χ1v) is 5.56. The lowest BCUT2D eigenvalue weighted by atomic mass is 10.0. The number of aliphatic carboxylic acids is 1. The molecule has 0 aliphatic heterocycles. The van der Waals surface area contributed by atoms with Crippen LogP contribution in [0.2, 0.25) is 0 Å². The highest BCUT2D eigenvalue weighted by Gasteiger charge is 2.17. The van der Waals surface area contributed by atoms with Gasteiger partial charge in [0.05, 0.1) is 11.4 Å². The van der Waals surface area contributed by atoms with Crippen molar-refractivity contribution >= 4 is 12.0 Å². The van der Waals surface area contributed by atoms with Gasteiger partial charge >= 0.3 is 12.0 Å². The van der Waals surface area contributed by atoms with E-state index in [2.05, 4.69) is 5.10 Å². The van der Waals surface area contributed by atoms with E-state index in [1.54, 1.807) is 6.92 Å². The highest BCUT2D eigenvalue weighted by molar-refractivity contribution is 5.75. The number of carboxylic acids is 1. The minimum atomic E-state index is -0.862. The van der Waals surface area contributed by atoms with E-state index < -0.39 is 12.0 Å². The second kappa shape index (κ2) is 5.47. The van der Waals surface area contributed by atoms with Gasteiger partial charge in [0, 0.05) is 6.42 Å². The van der Waals surface area contributed by atoms with Crippen LogP contribution in [0, 0.1) is 6.92 Å². The molecule has 1 rings (SSSR count). The number of amides is 1. The molecule has 17 heavy (non-hydrogen) atoms. The number of nitrogens with two attached hydrogens (primary N) is 1. The molecule has 94 valence electrons. The van der Waals surface area contributed by atoms with Gasteiger partial charge in [-0.25, -0.2) is 4.79 Å². The molecule has 3 N–H and O–H groups in total. The van der Waals surface area contributed by atoms with Gasteiger partial charge in [0.25, 0.3) is 0 Å². The van der Waals surface area contributed by atoms with Crippen LogP contribution in [-0.2, 0) is 17.6 Å². The maximum Gasteiger partial charge on any atom is 0.339 e. The number of hydrogen-bond acceptors (Lipinski definition) is 3. The van der Waals surface area contributed by atoms with Crippen LogP contribution in [0.4, 0.5) is 4.79 Å². The lowest BCUT2D eigenvalue weighted by molar-refractivity contribution is -0.136. The number of primary amides is 1. The first-order valence-electron chi connectivity index (χ1n) is 5.56. The van der Waals surface area contributed by atoms with Crippen molar-refractivity contribution in [2.45, 2.75) is 39.5 Å². The van der Waals surface area contributed by atoms with Gasteiger partial charge in [-0.3, -0.25) is 4.79 Å². The summed E-state index contributed by atoms with van der Waals surface area (Å²) in [5.41, 5.74) is 7.46. The van der Waals surface area contributed by atoms with Crippen molar-refractivity contribution in [3.05, 3.63) is 17.0 Å². The van der Waals surface area contributed by atoms with Crippen molar-refractivity contribution in [2.24, 2.45) is 5.73 Å². The Labute approximate surface area is 99.4 Å². The number of hydrogen-bond donors (Lipinski definition) is 2. The van der Waals surface area contributed by atoms with Crippen LogP contribution in [0.25, 0.3) is 0 Å². The maximum absolute atomic E-state index is 11.2. The molecule has 1 amide bonds. The maximum atomic E-state index is 11.2. The largest absolute Gasteiger partial charge is 0.481 e. The first-order chi connectivity index (χ1) is 7.97. The Hall–Kier alpha value is -1.85. The minimum Gasteiger partial charge on any atom is -0.481 e. The van der Waals surface area contributed by atoms with Gasteiger partial charge in [0.1, 0.15) is 0 Å². The molecule has 0 aromatic carbocycles. The number of aryl methyl sites for hydroxylation is 1. The number of carbonyl (C=O) groups is 2. The second-order valence-corrected chi connectivity index (χ2v) is 3.90. The fourth-order valence-corrected chi connectivity index (χ4v) is 1.84. The molecule has 6 heteroatoms. The average Bonchev–Trinajstić information content (AvgIpc) is 2.53. The lowest BCUT2D eigenvalue weighted by Crippen LogP contribution is -2.23. The van der Waals surface area contributed by atoms with Crippen LogP contribution in [0.3, 0.4) is 0 Å². The summed E-state index contributed by atoms with van der Waals surface area (Å²) in [6.45, 7) is 3.74. The molecule has 0 saturated heterocycles. The van der Waals surface area contributed by atoms with Crippen LogP contribution < -0.4 is 5.73 Å². The third-order valence-electron chi connectivity index (χ3n) is 2.58. The van der Waals surface area contributed by atoms with Gasteiger partial charge in [0.2, 0.25) is 0 Å². The highest BCUT2D eigenvalue weighted by Crippen LogP contribution is 2.17. The van der Waals surface area contributed by atoms with E-state index in [1.165, 1.54) is 4.68 Å². The molecule has 0 fully saturated rings. The Morgan fingerprint density at radius 1 is 1.41 bits per heavy atom. The van der Waals surface area contributed by atoms with E-state index in [4.69, 9.17) is 10.8 Å². The van der Waals surface area contributed by atoms with Crippen molar-refractivity contribution in [1.29, 1.82) is 0 Å². The Balaban J connectivity index is 3.08. The normalized spacial score (nSPS) is 10.5. The van der Waals surface area contributed by atoms with Crippen molar-refractivity contribution in [2.75, 3.05) is 0 Å². The summed E-state index contributed by atoms with van der Waals surface area (Å²) < 4.78 is 1.18. The van der Waals surface area contributed by atoms with Crippen molar-refractivity contribution < 1.29 is 14.7 Å². The molecule has 0 spiro atoms. The molecule has 0 aliphatic rings. The van der Waals surface area contributed by atoms with Gasteiger partial charge in [-0.2, -0.15) is 9.78 Å². The van der Waals surface area contributed by atoms with E-state index >= 15 is 0 Å². The molecular weight excluding hydrogens is 222 g/mol. The van der Waals surface area contributed by atoms with Crippen LogP contribution in [0.5, 0.6) is 0 Å². The summed E-state index contributed by atoms with van der Waals surface area (Å²) in [6.07, 6.45) is 1.92. The molecule has 1 aromatic rings. The predicted molar refractivity (Wildman–Crippen MR) is 61.9 cm³/mol. The van der Waals surface area contributed by atoms with Crippen molar-refractivity contribution in [1.82, 2.24) is 9.78 Å². The number of aromatic nitrogens is 2. The molecule has 0 radical (unpaired) electrons. The van der Waals surface area contributed by atoms with Crippen LogP contribution in [0.15, 0.2) is 0 Å². The lowest BCUT2D eigenvalue weighted by Gasteiger charge is -2.04. The molecule has 0 bridgehead atoms. The Bertz CT molecular complexity index is 437. The fraction of sp³-hybridized carbons (Fsp3) is 0.545. The zero-order chi connectivity index (χ0) is 13.0. The van der Waals surface area contributed by atoms with Gasteiger partial charge in [-0.1, -0.05) is 13.3 Å². The molecule has 1 heterocycles. The number of nitrogens with zero attached hydrogens (tertiary/aromatic N) is 2. The van der Waals surface area contributed by atoms with E-state index in [1.807, 2.05) is 6.92 Å². The van der Waals surface area contributed by atoms with Gasteiger partial charge < -0.3 is 10.8 Å². The van der Waals surface area contributed by atoms with Crippen molar-refractivity contribution in [3.63, 3.8) is 0 Å². The van der Waals surface area contributed by atoms with Crippen molar-refractivity contribution in [3.8, 4) is 0 Å². The van der Waals surface area contributed by atoms with Gasteiger partial charge in [-0.15, -0.1) is 0 Å². The Morgan fingerprint density at radius 3 is 2.53 bits per heavy atom. The number of carbonyl (C=O) groups excluding carboxylic acids is 1. The number of carboxylic acid groups (broad SMARTS) is 1. The van der Waals surface area contributed by atoms with E-state index in [9.17, 15) is 9.59 Å². The predicted octanol–water partition coefficient (Wildman–Crippen LogP) is 1.09. The summed E-state index contributed by atoms with van der Waals surface area (Å²) in [5, 5.41) is 12.7. The first kappa shape index (κ1) is 13.2. The average molecular weight is 239 g/mol. The minimum absolute atomic E-state index is 0.0298. The van der Waals surface area contributed by atoms with Gasteiger partial charge in [-0.05, 0) is 25.3 Å². The molecule has 0 unspecified atom stereocenters. The van der Waals surface area contributed by atoms with E-state index in [0.717, 1.165) is 17.7 Å². The summed E-state index contributed by atoms with van der Waals surface area (Å²) in [5.74, 6) is -0.862. The standard InChI is InChI=1S/C11H17N3O3/c1-3-4-9-8(5-6-10(15)16)7(2)13-14(9)11(12)17/h3-6H2,1-2H3,(H2,12,17)(H,15,16). The van der Waals surface area contributed by atoms with Gasteiger partial charge in [0.15, 0.2) is 0 Å². The molecule has 1 aromatic heterocycles. The third-order valence-corrected chi connectivity index (χ3v) is 2.58. The summed E-state index contributed by atoms with van der Waals surface area (Å²) >= 11 is 0. The molecule has 0 aliphatic carbocycles. The monoisotopic (exact) mass is 239 g/mol. The summed E-state index contributed by atoms with van der Waals surface area (Å²) in [7, 11) is 0. The zero-order valence-corrected chi connectivity index (χ0v) is 10.1. The van der Waals surface area contributed by atoms with E-state index in [-0.39, 0.29) is 6.42 Å². The fourth-order valence-electron chi connectivity index (χ4n) is 1.84. The number of rotatable bonds is 5. The van der Waals surface area contributed by atoms with Crippen LogP contribution in [0.1, 0.15) is 36.7 Å². The summed E-state index contributed by atoms with van der Waals surface area (Å²) in [6, 6.07) is -0.627. The van der Waals surface area contributed by atoms with Crippen LogP contribution >= 0.6 is 0 Å². The Kier molecular flexibility index (Phi) is 4.25. The molecule has 0 atom stereocenters. The molecule has 0 saturated carbocycles. The molecule has 6 nitrogen and oxygen atoms in total. The molecular formula is C11H17N3O3. The quantitative estimate of drug-likeness (QED) is 0.803. The summed E-state index contributed by atoms with van der Waals surface area (Å²) in [4.78, 5) is 21.8. The third kappa shape index (κ3) is 3.05. The van der Waals surface area contributed by atoms with E-state index in [0.29, 0.717) is 18.5 Å². The smallest absolute Gasteiger partial charge is 0.339 e. The zero-order valence-electron chi connectivity index (χ0n) is 10.1. The topological polar surface area (TPSA) is 98.2 Å². The Morgan fingerprint density at radius 2 is 2.06 bits per heavy atom. The SMILES string of the molecule is CCCc1c(CCC(=O)O)c(C)nn1C(N)=O. The second-order valence-electron chi connectivity index (χ2n) is 3.90. The highest BCUT2D eigenvalue weighted by atomic mass is 16.4. The van der Waals surface area contributed by atoms with Crippen LogP contribution in [-0.4, -0.2) is 26.9 Å².